The van der Waals surface area contributed by atoms with Crippen molar-refractivity contribution in [3.63, 3.8) is 0 Å². The molecule has 1 N–H and O–H groups in total. The number of nitrogens with one attached hydrogen (secondary N) is 1. The Balaban J connectivity index is 1.84. The minimum absolute atomic E-state index is 0.209. The summed E-state index contributed by atoms with van der Waals surface area (Å²) in [5.74, 6) is 0.699. The van der Waals surface area contributed by atoms with E-state index in [1.807, 2.05) is 30.3 Å². The molecule has 0 aliphatic rings. The topological polar surface area (TPSA) is 42.2 Å². The summed E-state index contributed by atoms with van der Waals surface area (Å²) in [5.41, 5.74) is 1.19. The van der Waals surface area contributed by atoms with Gasteiger partial charge in [-0.2, -0.15) is 0 Å². The molecule has 1 aromatic carbocycles. The molecule has 0 fully saturated rings. The Morgan fingerprint density at radius 2 is 2.00 bits per heavy atom. The zero-order valence-electron chi connectivity index (χ0n) is 10.7. The zero-order valence-corrected chi connectivity index (χ0v) is 11.5. The molecule has 0 saturated heterocycles. The van der Waals surface area contributed by atoms with Crippen molar-refractivity contribution in [1.29, 1.82) is 0 Å². The molecule has 4 heteroatoms. The molecule has 3 nitrogen and oxygen atoms in total. The second-order valence-electron chi connectivity index (χ2n) is 4.31. The fraction of sp³-hybridized carbons (Fsp3) is 0.267. The van der Waals surface area contributed by atoms with E-state index in [2.05, 4.69) is 5.32 Å². The first-order valence-corrected chi connectivity index (χ1v) is 6.66. The van der Waals surface area contributed by atoms with Crippen LogP contribution in [0.2, 0.25) is 0 Å². The van der Waals surface area contributed by atoms with E-state index in [4.69, 9.17) is 16.0 Å². The van der Waals surface area contributed by atoms with Gasteiger partial charge in [0.2, 0.25) is 0 Å². The van der Waals surface area contributed by atoms with Crippen LogP contribution in [0, 0.1) is 0 Å². The van der Waals surface area contributed by atoms with Gasteiger partial charge < -0.3 is 9.73 Å². The predicted molar refractivity (Wildman–Crippen MR) is 75.5 cm³/mol. The Kier molecular flexibility index (Phi) is 4.63. The van der Waals surface area contributed by atoms with Crippen LogP contribution in [0.1, 0.15) is 34.2 Å². The lowest BCUT2D eigenvalue weighted by Gasteiger charge is -2.03. The Bertz CT molecular complexity index is 534. The van der Waals surface area contributed by atoms with Crippen LogP contribution >= 0.6 is 11.6 Å². The third-order valence-electron chi connectivity index (χ3n) is 2.78. The summed E-state index contributed by atoms with van der Waals surface area (Å²) in [6.07, 6.45) is 0.798. The van der Waals surface area contributed by atoms with Crippen LogP contribution in [-0.4, -0.2) is 12.5 Å². The summed E-state index contributed by atoms with van der Waals surface area (Å²) < 4.78 is 5.37. The lowest BCUT2D eigenvalue weighted by molar-refractivity contribution is 0.0924. The van der Waals surface area contributed by atoms with E-state index in [1.165, 1.54) is 5.56 Å². The fourth-order valence-corrected chi connectivity index (χ4v) is 1.86. The van der Waals surface area contributed by atoms with Crippen LogP contribution in [0.5, 0.6) is 0 Å². The Morgan fingerprint density at radius 1 is 1.26 bits per heavy atom. The molecular formula is C15H16ClNO2. The lowest BCUT2D eigenvalue weighted by atomic mass is 10.1. The second kappa shape index (κ2) is 6.43. The molecular weight excluding hydrogens is 262 g/mol. The zero-order chi connectivity index (χ0) is 13.7. The quantitative estimate of drug-likeness (QED) is 0.849. The minimum Gasteiger partial charge on any atom is -0.454 e. The van der Waals surface area contributed by atoms with Crippen LogP contribution < -0.4 is 5.32 Å². The molecule has 0 aliphatic heterocycles. The largest absolute Gasteiger partial charge is 0.454 e. The van der Waals surface area contributed by atoms with E-state index in [1.54, 1.807) is 19.1 Å². The molecule has 1 heterocycles. The van der Waals surface area contributed by atoms with Crippen LogP contribution in [-0.2, 0) is 6.42 Å². The second-order valence-corrected chi connectivity index (χ2v) is 4.96. The molecule has 0 spiro atoms. The van der Waals surface area contributed by atoms with E-state index in [0.29, 0.717) is 18.1 Å². The molecule has 1 unspecified atom stereocenters. The first-order valence-electron chi connectivity index (χ1n) is 6.23. The monoisotopic (exact) mass is 277 g/mol. The number of furan rings is 1. The maximum absolute atomic E-state index is 11.8. The third kappa shape index (κ3) is 3.86. The molecule has 0 radical (unpaired) electrons. The van der Waals surface area contributed by atoms with Crippen molar-refractivity contribution in [3.05, 3.63) is 59.5 Å². The molecule has 0 saturated carbocycles. The molecule has 1 amide bonds. The van der Waals surface area contributed by atoms with Gasteiger partial charge in [-0.25, -0.2) is 0 Å². The summed E-state index contributed by atoms with van der Waals surface area (Å²) in [5, 5.41) is 2.59. The number of halogens is 1. The van der Waals surface area contributed by atoms with Gasteiger partial charge in [-0.3, -0.25) is 4.79 Å². The number of alkyl halides is 1. The van der Waals surface area contributed by atoms with Gasteiger partial charge in [-0.15, -0.1) is 11.6 Å². The van der Waals surface area contributed by atoms with Crippen molar-refractivity contribution in [2.75, 3.05) is 6.54 Å². The van der Waals surface area contributed by atoms with Gasteiger partial charge in [-0.05, 0) is 31.0 Å². The van der Waals surface area contributed by atoms with Gasteiger partial charge in [0.1, 0.15) is 5.76 Å². The predicted octanol–water partition coefficient (Wildman–Crippen LogP) is 3.55. The molecule has 2 rings (SSSR count). The van der Waals surface area contributed by atoms with E-state index in [0.717, 1.165) is 6.42 Å². The first-order chi connectivity index (χ1) is 9.16. The SMILES string of the molecule is CC(Cl)c1ccc(C(=O)NCCc2ccccc2)o1. The highest BCUT2D eigenvalue weighted by molar-refractivity contribution is 6.20. The summed E-state index contributed by atoms with van der Waals surface area (Å²) in [7, 11) is 0. The molecule has 0 bridgehead atoms. The van der Waals surface area contributed by atoms with Crippen LogP contribution in [0.4, 0.5) is 0 Å². The Labute approximate surface area is 117 Å². The number of hydrogen-bond acceptors (Lipinski definition) is 2. The van der Waals surface area contributed by atoms with E-state index in [9.17, 15) is 4.79 Å². The van der Waals surface area contributed by atoms with Gasteiger partial charge in [0.05, 0.1) is 5.38 Å². The molecule has 1 atom stereocenters. The van der Waals surface area contributed by atoms with Gasteiger partial charge in [-0.1, -0.05) is 30.3 Å². The van der Waals surface area contributed by atoms with Gasteiger partial charge >= 0.3 is 0 Å². The highest BCUT2D eigenvalue weighted by Gasteiger charge is 2.12. The standard InChI is InChI=1S/C15H16ClNO2/c1-11(16)13-7-8-14(19-13)15(18)17-10-9-12-5-3-2-4-6-12/h2-8,11H,9-10H2,1H3,(H,17,18). The first kappa shape index (κ1) is 13.7. The summed E-state index contributed by atoms with van der Waals surface area (Å²) in [4.78, 5) is 11.8. The smallest absolute Gasteiger partial charge is 0.287 e. The van der Waals surface area contributed by atoms with Gasteiger partial charge in [0.25, 0.3) is 5.91 Å². The maximum Gasteiger partial charge on any atom is 0.287 e. The number of amides is 1. The third-order valence-corrected chi connectivity index (χ3v) is 3.00. The van der Waals surface area contributed by atoms with Crippen molar-refractivity contribution < 1.29 is 9.21 Å². The highest BCUT2D eigenvalue weighted by Crippen LogP contribution is 2.21. The van der Waals surface area contributed by atoms with Gasteiger partial charge in [0.15, 0.2) is 5.76 Å². The van der Waals surface area contributed by atoms with E-state index >= 15 is 0 Å². The summed E-state index contributed by atoms with van der Waals surface area (Å²) in [6, 6.07) is 13.4. The number of benzene rings is 1. The average Bonchev–Trinajstić information content (AvgIpc) is 2.89. The Hall–Kier alpha value is -1.74. The normalized spacial score (nSPS) is 12.1. The summed E-state index contributed by atoms with van der Waals surface area (Å²) >= 11 is 5.88. The molecule has 2 aromatic rings. The van der Waals surface area contributed by atoms with Gasteiger partial charge in [0, 0.05) is 6.54 Å². The molecule has 0 aliphatic carbocycles. The molecule has 100 valence electrons. The lowest BCUT2D eigenvalue weighted by Crippen LogP contribution is -2.25. The van der Waals surface area contributed by atoms with Crippen LogP contribution in [0.25, 0.3) is 0 Å². The van der Waals surface area contributed by atoms with Crippen molar-refractivity contribution >= 4 is 17.5 Å². The maximum atomic E-state index is 11.8. The highest BCUT2D eigenvalue weighted by atomic mass is 35.5. The summed E-state index contributed by atoms with van der Waals surface area (Å²) in [6.45, 7) is 2.38. The van der Waals surface area contributed by atoms with E-state index in [-0.39, 0.29) is 11.3 Å². The fourth-order valence-electron chi connectivity index (χ4n) is 1.74. The van der Waals surface area contributed by atoms with Crippen molar-refractivity contribution in [2.45, 2.75) is 18.7 Å². The van der Waals surface area contributed by atoms with Crippen LogP contribution in [0.15, 0.2) is 46.9 Å². The van der Waals surface area contributed by atoms with E-state index < -0.39 is 0 Å². The van der Waals surface area contributed by atoms with Crippen molar-refractivity contribution in [2.24, 2.45) is 0 Å². The Morgan fingerprint density at radius 3 is 2.63 bits per heavy atom. The number of hydrogen-bond donors (Lipinski definition) is 1. The van der Waals surface area contributed by atoms with Crippen LogP contribution in [0.3, 0.4) is 0 Å². The van der Waals surface area contributed by atoms with Crippen molar-refractivity contribution in [1.82, 2.24) is 5.32 Å². The number of carbonyl (C=O) groups is 1. The number of carbonyl (C=O) groups excluding carboxylic acids is 1. The molecule has 19 heavy (non-hydrogen) atoms. The van der Waals surface area contributed by atoms with Crippen molar-refractivity contribution in [3.8, 4) is 0 Å². The molecule has 1 aromatic heterocycles. The minimum atomic E-state index is -0.231. The average molecular weight is 278 g/mol. The number of rotatable bonds is 5.